The molecule has 1 aromatic heterocycles. The molecule has 0 saturated carbocycles. The third-order valence-electron chi connectivity index (χ3n) is 3.20. The lowest BCUT2D eigenvalue weighted by Gasteiger charge is -2.37. The lowest BCUT2D eigenvalue weighted by Crippen LogP contribution is -2.50. The van der Waals surface area contributed by atoms with Gasteiger partial charge in [0, 0.05) is 27.7 Å². The van der Waals surface area contributed by atoms with Crippen molar-refractivity contribution in [2.45, 2.75) is 19.1 Å². The van der Waals surface area contributed by atoms with E-state index >= 15 is 0 Å². The minimum absolute atomic E-state index is 0.00622. The Balaban J connectivity index is 2.32. The first-order valence-electron chi connectivity index (χ1n) is 6.65. The van der Waals surface area contributed by atoms with E-state index in [1.165, 1.54) is 0 Å². The molecule has 2 atom stereocenters. The number of rotatable bonds is 4. The van der Waals surface area contributed by atoms with Crippen molar-refractivity contribution in [2.75, 3.05) is 56.0 Å². The second kappa shape index (κ2) is 6.19. The van der Waals surface area contributed by atoms with Crippen LogP contribution in [-0.2, 0) is 4.74 Å². The first kappa shape index (κ1) is 14.7. The van der Waals surface area contributed by atoms with E-state index in [1.54, 1.807) is 7.05 Å². The normalized spacial score (nSPS) is 22.8. The van der Waals surface area contributed by atoms with Crippen molar-refractivity contribution in [3.63, 3.8) is 0 Å². The summed E-state index contributed by atoms with van der Waals surface area (Å²) in [6.45, 7) is 3.15. The molecule has 0 bridgehead atoms. The van der Waals surface area contributed by atoms with Gasteiger partial charge in [-0.1, -0.05) is 0 Å². The molecule has 8 heteroatoms. The number of hydrogen-bond donors (Lipinski definition) is 2. The zero-order valence-corrected chi connectivity index (χ0v) is 12.4. The number of aliphatic hydroxyl groups is 1. The van der Waals surface area contributed by atoms with Gasteiger partial charge in [0.15, 0.2) is 0 Å². The van der Waals surface area contributed by atoms with Crippen LogP contribution in [-0.4, -0.2) is 73.1 Å². The summed E-state index contributed by atoms with van der Waals surface area (Å²) < 4.78 is 5.54. The molecule has 0 spiro atoms. The summed E-state index contributed by atoms with van der Waals surface area (Å²) in [5.41, 5.74) is 0. The fourth-order valence-electron chi connectivity index (χ4n) is 2.00. The lowest BCUT2D eigenvalue weighted by molar-refractivity contribution is -0.0108. The number of hydrogen-bond acceptors (Lipinski definition) is 8. The fourth-order valence-corrected chi connectivity index (χ4v) is 2.00. The van der Waals surface area contributed by atoms with Gasteiger partial charge < -0.3 is 25.0 Å². The molecule has 0 radical (unpaired) electrons. The molecule has 20 heavy (non-hydrogen) atoms. The van der Waals surface area contributed by atoms with Crippen molar-refractivity contribution in [1.29, 1.82) is 0 Å². The Labute approximate surface area is 118 Å². The molecular formula is C12H22N6O2. The van der Waals surface area contributed by atoms with Crippen LogP contribution in [0.2, 0.25) is 0 Å². The summed E-state index contributed by atoms with van der Waals surface area (Å²) in [4.78, 5) is 17.1. The first-order chi connectivity index (χ1) is 9.55. The fraction of sp³-hybridized carbons (Fsp3) is 0.750. The Morgan fingerprint density at radius 2 is 2.15 bits per heavy atom. The molecule has 2 unspecified atom stereocenters. The molecule has 8 nitrogen and oxygen atoms in total. The van der Waals surface area contributed by atoms with E-state index in [0.717, 1.165) is 0 Å². The maximum absolute atomic E-state index is 9.26. The Bertz CT molecular complexity index is 456. The van der Waals surface area contributed by atoms with Crippen molar-refractivity contribution in [2.24, 2.45) is 0 Å². The highest BCUT2D eigenvalue weighted by atomic mass is 16.5. The van der Waals surface area contributed by atoms with Gasteiger partial charge in [0.2, 0.25) is 17.8 Å². The predicted molar refractivity (Wildman–Crippen MR) is 77.3 cm³/mol. The molecule has 2 rings (SSSR count). The minimum atomic E-state index is -0.205. The summed E-state index contributed by atoms with van der Waals surface area (Å²) in [6.07, 6.45) is -0.205. The second-order valence-electron chi connectivity index (χ2n) is 5.04. The van der Waals surface area contributed by atoms with Crippen LogP contribution in [0, 0.1) is 0 Å². The number of aliphatic hydroxyl groups excluding tert-OH is 1. The highest BCUT2D eigenvalue weighted by Crippen LogP contribution is 2.21. The smallest absolute Gasteiger partial charge is 0.232 e. The van der Waals surface area contributed by atoms with Gasteiger partial charge in [-0.15, -0.1) is 0 Å². The van der Waals surface area contributed by atoms with Gasteiger partial charge in [0.1, 0.15) is 0 Å². The van der Waals surface area contributed by atoms with Gasteiger partial charge in [-0.2, -0.15) is 15.0 Å². The standard InChI is InChI=1S/C12H22N6O2/c1-8-7-20-9(6-19)5-18(8)12-15-10(13-2)14-11(16-12)17(3)4/h8-9,19H,5-7H2,1-4H3,(H,13,14,15,16). The minimum Gasteiger partial charge on any atom is -0.394 e. The third kappa shape index (κ3) is 3.07. The van der Waals surface area contributed by atoms with Crippen LogP contribution in [0.4, 0.5) is 17.8 Å². The average molecular weight is 282 g/mol. The third-order valence-corrected chi connectivity index (χ3v) is 3.20. The summed E-state index contributed by atoms with van der Waals surface area (Å²) in [7, 11) is 5.55. The van der Waals surface area contributed by atoms with Crippen molar-refractivity contribution < 1.29 is 9.84 Å². The average Bonchev–Trinajstić information content (AvgIpc) is 2.47. The maximum atomic E-state index is 9.26. The van der Waals surface area contributed by atoms with Gasteiger partial charge in [-0.3, -0.25) is 0 Å². The van der Waals surface area contributed by atoms with Gasteiger partial charge in [0.25, 0.3) is 0 Å². The van der Waals surface area contributed by atoms with E-state index in [-0.39, 0.29) is 18.8 Å². The number of nitrogens with one attached hydrogen (secondary N) is 1. The maximum Gasteiger partial charge on any atom is 0.232 e. The Kier molecular flexibility index (Phi) is 4.56. The molecule has 1 aliphatic rings. The highest BCUT2D eigenvalue weighted by Gasteiger charge is 2.28. The largest absolute Gasteiger partial charge is 0.394 e. The van der Waals surface area contributed by atoms with Crippen LogP contribution in [0.3, 0.4) is 0 Å². The molecule has 0 aromatic carbocycles. The van der Waals surface area contributed by atoms with Crippen LogP contribution in [0.1, 0.15) is 6.92 Å². The summed E-state index contributed by atoms with van der Waals surface area (Å²) in [5.74, 6) is 1.72. The number of nitrogens with zero attached hydrogens (tertiary/aromatic N) is 5. The second-order valence-corrected chi connectivity index (χ2v) is 5.04. The first-order valence-corrected chi connectivity index (χ1v) is 6.65. The molecule has 0 amide bonds. The SMILES string of the molecule is CNc1nc(N(C)C)nc(N2CC(CO)OCC2C)n1. The molecule has 1 saturated heterocycles. The zero-order valence-electron chi connectivity index (χ0n) is 12.4. The van der Waals surface area contributed by atoms with Crippen LogP contribution in [0.25, 0.3) is 0 Å². The number of anilines is 3. The van der Waals surface area contributed by atoms with E-state index in [4.69, 9.17) is 4.74 Å². The molecular weight excluding hydrogens is 260 g/mol. The Morgan fingerprint density at radius 1 is 1.40 bits per heavy atom. The van der Waals surface area contributed by atoms with Crippen molar-refractivity contribution >= 4 is 17.8 Å². The molecule has 1 fully saturated rings. The Morgan fingerprint density at radius 3 is 2.75 bits per heavy atom. The van der Waals surface area contributed by atoms with Crippen LogP contribution >= 0.6 is 0 Å². The molecule has 0 aliphatic carbocycles. The Hall–Kier alpha value is -1.67. The van der Waals surface area contributed by atoms with Gasteiger partial charge in [-0.25, -0.2) is 0 Å². The predicted octanol–water partition coefficient (Wildman–Crippen LogP) is -0.435. The van der Waals surface area contributed by atoms with Crippen molar-refractivity contribution in [3.8, 4) is 0 Å². The van der Waals surface area contributed by atoms with E-state index in [1.807, 2.05) is 30.8 Å². The zero-order chi connectivity index (χ0) is 14.7. The summed E-state index contributed by atoms with van der Waals surface area (Å²) in [6, 6.07) is 0.153. The van der Waals surface area contributed by atoms with Crippen LogP contribution < -0.4 is 15.1 Å². The van der Waals surface area contributed by atoms with Crippen molar-refractivity contribution in [1.82, 2.24) is 15.0 Å². The van der Waals surface area contributed by atoms with Crippen LogP contribution in [0.15, 0.2) is 0 Å². The van der Waals surface area contributed by atoms with Crippen LogP contribution in [0.5, 0.6) is 0 Å². The molecule has 2 heterocycles. The monoisotopic (exact) mass is 282 g/mol. The topological polar surface area (TPSA) is 86.6 Å². The summed E-state index contributed by atoms with van der Waals surface area (Å²) >= 11 is 0. The van der Waals surface area contributed by atoms with Gasteiger partial charge >= 0.3 is 0 Å². The van der Waals surface area contributed by atoms with E-state index in [0.29, 0.717) is 31.0 Å². The number of aromatic nitrogens is 3. The quantitative estimate of drug-likeness (QED) is 0.769. The number of ether oxygens (including phenoxy) is 1. The number of morpholine rings is 1. The molecule has 2 N–H and O–H groups in total. The molecule has 1 aliphatic heterocycles. The van der Waals surface area contributed by atoms with E-state index in [2.05, 4.69) is 20.3 Å². The van der Waals surface area contributed by atoms with Gasteiger partial charge in [-0.05, 0) is 6.92 Å². The van der Waals surface area contributed by atoms with E-state index < -0.39 is 0 Å². The lowest BCUT2D eigenvalue weighted by atomic mass is 10.2. The molecule has 112 valence electrons. The van der Waals surface area contributed by atoms with Gasteiger partial charge in [0.05, 0.1) is 25.4 Å². The summed E-state index contributed by atoms with van der Waals surface area (Å²) in [5, 5.41) is 12.2. The molecule has 1 aromatic rings. The van der Waals surface area contributed by atoms with E-state index in [9.17, 15) is 5.11 Å². The van der Waals surface area contributed by atoms with Crippen molar-refractivity contribution in [3.05, 3.63) is 0 Å². The highest BCUT2D eigenvalue weighted by molar-refractivity contribution is 5.45.